The van der Waals surface area contributed by atoms with Gasteiger partial charge in [0.05, 0.1) is 11.3 Å². The lowest BCUT2D eigenvalue weighted by atomic mass is 9.96. The van der Waals surface area contributed by atoms with Crippen LogP contribution in [-0.2, 0) is 9.59 Å². The Bertz CT molecular complexity index is 1030. The number of aryl methyl sites for hydroxylation is 2. The van der Waals surface area contributed by atoms with E-state index in [1.54, 1.807) is 18.2 Å². The number of carbonyl (C=O) groups excluding carboxylic acids is 2. The first-order chi connectivity index (χ1) is 14.4. The fraction of sp³-hybridized carbons (Fsp3) is 0.333. The van der Waals surface area contributed by atoms with Crippen LogP contribution in [0.25, 0.3) is 5.57 Å². The minimum absolute atomic E-state index is 0.0752. The van der Waals surface area contributed by atoms with E-state index < -0.39 is 0 Å². The fourth-order valence-corrected chi connectivity index (χ4v) is 4.52. The zero-order chi connectivity index (χ0) is 21.4. The zero-order valence-electron chi connectivity index (χ0n) is 17.2. The van der Waals surface area contributed by atoms with Gasteiger partial charge in [-0.15, -0.1) is 0 Å². The number of aliphatic hydroxyl groups is 1. The van der Waals surface area contributed by atoms with Crippen molar-refractivity contribution in [2.45, 2.75) is 26.7 Å². The van der Waals surface area contributed by atoms with Crippen molar-refractivity contribution in [3.63, 3.8) is 0 Å². The molecular weight excluding hydrogens is 400 g/mol. The van der Waals surface area contributed by atoms with E-state index in [-0.39, 0.29) is 24.3 Å². The molecule has 2 aliphatic rings. The summed E-state index contributed by atoms with van der Waals surface area (Å²) < 4.78 is 0. The van der Waals surface area contributed by atoms with Crippen molar-refractivity contribution >= 4 is 34.7 Å². The van der Waals surface area contributed by atoms with E-state index in [1.807, 2.05) is 43.0 Å². The van der Waals surface area contributed by atoms with Crippen molar-refractivity contribution in [2.24, 2.45) is 5.92 Å². The van der Waals surface area contributed by atoms with E-state index in [4.69, 9.17) is 11.6 Å². The number of hydrogen-bond donors (Lipinski definition) is 1. The maximum Gasteiger partial charge on any atom is 0.282 e. The molecule has 2 aliphatic heterocycles. The summed E-state index contributed by atoms with van der Waals surface area (Å²) in [5, 5.41) is 10.2. The van der Waals surface area contributed by atoms with Crippen LogP contribution in [0.15, 0.2) is 48.2 Å². The van der Waals surface area contributed by atoms with Crippen molar-refractivity contribution in [1.82, 2.24) is 4.90 Å². The summed E-state index contributed by atoms with van der Waals surface area (Å²) in [4.78, 5) is 30.4. The number of nitrogens with zero attached hydrogens (tertiary/aromatic N) is 2. The van der Waals surface area contributed by atoms with E-state index in [2.05, 4.69) is 0 Å². The highest BCUT2D eigenvalue weighted by atomic mass is 35.5. The number of carbonyl (C=O) groups is 2. The average molecular weight is 425 g/mol. The van der Waals surface area contributed by atoms with Crippen LogP contribution in [0.4, 0.5) is 5.69 Å². The summed E-state index contributed by atoms with van der Waals surface area (Å²) in [5.41, 5.74) is 3.98. The molecule has 1 unspecified atom stereocenters. The molecule has 0 saturated carbocycles. The first-order valence-corrected chi connectivity index (χ1v) is 10.6. The lowest BCUT2D eigenvalue weighted by Crippen LogP contribution is -2.40. The molecule has 1 fully saturated rings. The van der Waals surface area contributed by atoms with Gasteiger partial charge in [-0.2, -0.15) is 0 Å². The summed E-state index contributed by atoms with van der Waals surface area (Å²) >= 11 is 6.09. The van der Waals surface area contributed by atoms with Gasteiger partial charge < -0.3 is 10.0 Å². The molecule has 156 valence electrons. The number of hydrogen-bond acceptors (Lipinski definition) is 4. The quantitative estimate of drug-likeness (QED) is 0.755. The second kappa shape index (κ2) is 8.25. The van der Waals surface area contributed by atoms with Gasteiger partial charge in [-0.1, -0.05) is 41.4 Å². The molecule has 0 spiro atoms. The number of aliphatic hydroxyl groups excluding tert-OH is 1. The number of piperidine rings is 1. The monoisotopic (exact) mass is 424 g/mol. The fourth-order valence-electron chi connectivity index (χ4n) is 4.30. The maximum absolute atomic E-state index is 13.6. The van der Waals surface area contributed by atoms with Crippen LogP contribution in [-0.4, -0.2) is 41.5 Å². The third kappa shape index (κ3) is 3.64. The zero-order valence-corrected chi connectivity index (χ0v) is 17.9. The number of likely N-dealkylation sites (tertiary alicyclic amines) is 1. The highest BCUT2D eigenvalue weighted by Gasteiger charge is 2.43. The van der Waals surface area contributed by atoms with Gasteiger partial charge in [0.15, 0.2) is 0 Å². The average Bonchev–Trinajstić information content (AvgIpc) is 2.99. The molecular formula is C24H25ClN2O3. The molecule has 0 bridgehead atoms. The summed E-state index contributed by atoms with van der Waals surface area (Å²) in [5.74, 6) is -0.547. The van der Waals surface area contributed by atoms with Gasteiger partial charge in [-0.05, 0) is 61.9 Å². The van der Waals surface area contributed by atoms with Gasteiger partial charge >= 0.3 is 0 Å². The Labute approximate surface area is 181 Å². The Morgan fingerprint density at radius 3 is 2.47 bits per heavy atom. The summed E-state index contributed by atoms with van der Waals surface area (Å²) in [6.07, 6.45) is 1.79. The Balaban J connectivity index is 1.83. The SMILES string of the molecule is Cc1ccc(C2=C(N3CCCC(CO)C3)C(=O)N(c3ccc(Cl)cc3C)C2=O)cc1. The van der Waals surface area contributed by atoms with Crippen LogP contribution in [0.5, 0.6) is 0 Å². The Morgan fingerprint density at radius 1 is 1.07 bits per heavy atom. The van der Waals surface area contributed by atoms with Crippen LogP contribution in [0, 0.1) is 19.8 Å². The van der Waals surface area contributed by atoms with Crippen molar-refractivity contribution in [3.05, 3.63) is 69.9 Å². The van der Waals surface area contributed by atoms with E-state index in [0.29, 0.717) is 35.1 Å². The molecule has 5 nitrogen and oxygen atoms in total. The summed E-state index contributed by atoms with van der Waals surface area (Å²) in [6, 6.07) is 12.8. The van der Waals surface area contributed by atoms with E-state index in [9.17, 15) is 14.7 Å². The van der Waals surface area contributed by atoms with E-state index >= 15 is 0 Å². The van der Waals surface area contributed by atoms with Crippen LogP contribution in [0.2, 0.25) is 5.02 Å². The predicted molar refractivity (Wildman–Crippen MR) is 118 cm³/mol. The minimum atomic E-state index is -0.324. The first kappa shape index (κ1) is 20.6. The molecule has 6 heteroatoms. The topological polar surface area (TPSA) is 60.9 Å². The standard InChI is InChI=1S/C24H25ClN2O3/c1-15-5-7-18(8-6-15)21-22(26-11-3-4-17(13-26)14-28)24(30)27(23(21)29)20-10-9-19(25)12-16(20)2/h5-10,12,17,28H,3-4,11,13-14H2,1-2H3. The van der Waals surface area contributed by atoms with E-state index in [1.165, 1.54) is 4.90 Å². The summed E-state index contributed by atoms with van der Waals surface area (Å²) in [6.45, 7) is 5.15. The van der Waals surface area contributed by atoms with Crippen LogP contribution >= 0.6 is 11.6 Å². The number of rotatable bonds is 4. The Morgan fingerprint density at radius 2 is 1.80 bits per heavy atom. The molecule has 2 aromatic carbocycles. The third-order valence-corrected chi connectivity index (χ3v) is 6.13. The molecule has 1 atom stereocenters. The number of amides is 2. The van der Waals surface area contributed by atoms with Crippen molar-refractivity contribution in [2.75, 3.05) is 24.6 Å². The van der Waals surface area contributed by atoms with Crippen molar-refractivity contribution < 1.29 is 14.7 Å². The largest absolute Gasteiger partial charge is 0.396 e. The molecule has 2 heterocycles. The molecule has 0 radical (unpaired) electrons. The van der Waals surface area contributed by atoms with Gasteiger partial charge in [-0.3, -0.25) is 9.59 Å². The Hall–Kier alpha value is -2.63. The smallest absolute Gasteiger partial charge is 0.282 e. The van der Waals surface area contributed by atoms with Crippen LogP contribution < -0.4 is 4.90 Å². The summed E-state index contributed by atoms with van der Waals surface area (Å²) in [7, 11) is 0. The van der Waals surface area contributed by atoms with Gasteiger partial charge in [0.25, 0.3) is 11.8 Å². The van der Waals surface area contributed by atoms with E-state index in [0.717, 1.165) is 29.5 Å². The molecule has 1 N–H and O–H groups in total. The second-order valence-corrected chi connectivity index (χ2v) is 8.54. The molecule has 1 saturated heterocycles. The minimum Gasteiger partial charge on any atom is -0.396 e. The third-order valence-electron chi connectivity index (χ3n) is 5.89. The molecule has 0 aliphatic carbocycles. The molecule has 2 aromatic rings. The number of benzene rings is 2. The number of imide groups is 1. The second-order valence-electron chi connectivity index (χ2n) is 8.10. The highest BCUT2D eigenvalue weighted by molar-refractivity contribution is 6.45. The predicted octanol–water partition coefficient (Wildman–Crippen LogP) is 3.95. The lowest BCUT2D eigenvalue weighted by Gasteiger charge is -2.34. The number of anilines is 1. The first-order valence-electron chi connectivity index (χ1n) is 10.2. The van der Waals surface area contributed by atoms with Gasteiger partial charge in [0.2, 0.25) is 0 Å². The normalized spacial score (nSPS) is 19.8. The number of halogens is 1. The molecule has 30 heavy (non-hydrogen) atoms. The van der Waals surface area contributed by atoms with Gasteiger partial charge in [-0.25, -0.2) is 4.90 Å². The maximum atomic E-state index is 13.6. The molecule has 0 aromatic heterocycles. The van der Waals surface area contributed by atoms with Gasteiger partial charge in [0.1, 0.15) is 5.70 Å². The molecule has 2 amide bonds. The Kier molecular flexibility index (Phi) is 5.67. The molecule has 4 rings (SSSR count). The van der Waals surface area contributed by atoms with Crippen LogP contribution in [0.1, 0.15) is 29.5 Å². The van der Waals surface area contributed by atoms with Gasteiger partial charge in [0, 0.05) is 24.7 Å². The lowest BCUT2D eigenvalue weighted by molar-refractivity contribution is -0.120. The van der Waals surface area contributed by atoms with Crippen molar-refractivity contribution in [1.29, 1.82) is 0 Å². The highest BCUT2D eigenvalue weighted by Crippen LogP contribution is 2.38. The van der Waals surface area contributed by atoms with Crippen molar-refractivity contribution in [3.8, 4) is 0 Å². The van der Waals surface area contributed by atoms with Crippen LogP contribution in [0.3, 0.4) is 0 Å².